The fourth-order valence-corrected chi connectivity index (χ4v) is 2.32. The van der Waals surface area contributed by atoms with Crippen LogP contribution in [0, 0.1) is 0 Å². The van der Waals surface area contributed by atoms with Crippen molar-refractivity contribution in [2.24, 2.45) is 5.73 Å². The fourth-order valence-electron chi connectivity index (χ4n) is 1.36. The quantitative estimate of drug-likeness (QED) is 0.636. The summed E-state index contributed by atoms with van der Waals surface area (Å²) in [5.74, 6) is 0.388. The van der Waals surface area contributed by atoms with Gasteiger partial charge < -0.3 is 15.8 Å². The summed E-state index contributed by atoms with van der Waals surface area (Å²) in [6.07, 6.45) is 2.72. The third-order valence-electron chi connectivity index (χ3n) is 2.68. The summed E-state index contributed by atoms with van der Waals surface area (Å²) in [4.78, 5) is 22.9. The normalized spacial score (nSPS) is 17.9. The maximum Gasteiger partial charge on any atom is 0.322 e. The van der Waals surface area contributed by atoms with Crippen molar-refractivity contribution in [3.63, 3.8) is 0 Å². The summed E-state index contributed by atoms with van der Waals surface area (Å²) in [6.45, 7) is 3.97. The highest BCUT2D eigenvalue weighted by molar-refractivity contribution is 8.00. The van der Waals surface area contributed by atoms with E-state index in [-0.39, 0.29) is 17.1 Å². The van der Waals surface area contributed by atoms with Crippen molar-refractivity contribution in [2.45, 2.75) is 50.4 Å². The lowest BCUT2D eigenvalue weighted by molar-refractivity contribution is -0.144. The third kappa shape index (κ3) is 5.73. The topological polar surface area (TPSA) is 81.4 Å². The zero-order chi connectivity index (χ0) is 13.5. The van der Waals surface area contributed by atoms with Gasteiger partial charge >= 0.3 is 5.97 Å². The first-order chi connectivity index (χ1) is 8.54. The van der Waals surface area contributed by atoms with Gasteiger partial charge in [-0.1, -0.05) is 0 Å². The Hall–Kier alpha value is -0.750. The molecule has 3 N–H and O–H groups in total. The van der Waals surface area contributed by atoms with Crippen molar-refractivity contribution < 1.29 is 14.3 Å². The lowest BCUT2D eigenvalue weighted by atomic mass is 10.2. The second-order valence-electron chi connectivity index (χ2n) is 4.44. The van der Waals surface area contributed by atoms with E-state index in [9.17, 15) is 9.59 Å². The van der Waals surface area contributed by atoms with Crippen molar-refractivity contribution in [2.75, 3.05) is 12.4 Å². The van der Waals surface area contributed by atoms with E-state index in [1.165, 1.54) is 11.8 Å². The summed E-state index contributed by atoms with van der Waals surface area (Å²) in [5.41, 5.74) is 5.67. The van der Waals surface area contributed by atoms with E-state index in [1.54, 1.807) is 6.92 Å². The van der Waals surface area contributed by atoms with Gasteiger partial charge in [0.1, 0.15) is 6.04 Å². The molecule has 1 amide bonds. The standard InChI is InChI=1S/C12H22N2O3S/c1-3-17-12(16)10(13)6-7-18-8(2)11(15)14-9-4-5-9/h8-10H,3-7,13H2,1-2H3,(H,14,15). The highest BCUT2D eigenvalue weighted by Gasteiger charge is 2.25. The molecule has 0 spiro atoms. The van der Waals surface area contributed by atoms with Crippen LogP contribution < -0.4 is 11.1 Å². The summed E-state index contributed by atoms with van der Waals surface area (Å²) in [7, 11) is 0. The number of esters is 1. The molecule has 1 saturated carbocycles. The molecule has 2 atom stereocenters. The number of carbonyl (C=O) groups is 2. The largest absolute Gasteiger partial charge is 0.465 e. The Bertz CT molecular complexity index is 295. The Labute approximate surface area is 112 Å². The highest BCUT2D eigenvalue weighted by Crippen LogP contribution is 2.20. The Morgan fingerprint density at radius 3 is 2.72 bits per heavy atom. The number of amides is 1. The predicted octanol–water partition coefficient (Wildman–Crippen LogP) is 0.667. The van der Waals surface area contributed by atoms with Gasteiger partial charge in [0.25, 0.3) is 0 Å². The van der Waals surface area contributed by atoms with Crippen molar-refractivity contribution >= 4 is 23.6 Å². The molecule has 0 heterocycles. The predicted molar refractivity (Wildman–Crippen MR) is 72.3 cm³/mol. The molecule has 1 rings (SSSR count). The first-order valence-corrected chi connectivity index (χ1v) is 7.43. The maximum absolute atomic E-state index is 11.7. The molecule has 6 heteroatoms. The van der Waals surface area contributed by atoms with Gasteiger partial charge in [-0.15, -0.1) is 11.8 Å². The van der Waals surface area contributed by atoms with Gasteiger partial charge in [0.05, 0.1) is 11.9 Å². The lowest BCUT2D eigenvalue weighted by Crippen LogP contribution is -2.34. The zero-order valence-electron chi connectivity index (χ0n) is 11.0. The molecule has 18 heavy (non-hydrogen) atoms. The number of rotatable bonds is 8. The molecule has 0 bridgehead atoms. The van der Waals surface area contributed by atoms with Crippen LogP contribution in [0.25, 0.3) is 0 Å². The van der Waals surface area contributed by atoms with Crippen LogP contribution in [0.1, 0.15) is 33.1 Å². The molecule has 0 radical (unpaired) electrons. The summed E-state index contributed by atoms with van der Waals surface area (Å²) in [6, 6.07) is -0.196. The Balaban J connectivity index is 2.11. The van der Waals surface area contributed by atoms with E-state index in [2.05, 4.69) is 5.32 Å². The molecule has 1 aliphatic carbocycles. The number of nitrogens with two attached hydrogens (primary N) is 1. The van der Waals surface area contributed by atoms with Gasteiger partial charge in [-0.2, -0.15) is 0 Å². The molecule has 0 saturated heterocycles. The van der Waals surface area contributed by atoms with E-state index in [1.807, 2.05) is 6.92 Å². The molecule has 1 fully saturated rings. The molecular weight excluding hydrogens is 252 g/mol. The monoisotopic (exact) mass is 274 g/mol. The zero-order valence-corrected chi connectivity index (χ0v) is 11.8. The Kier molecular flexibility index (Phi) is 6.49. The van der Waals surface area contributed by atoms with Crippen molar-refractivity contribution in [1.82, 2.24) is 5.32 Å². The minimum Gasteiger partial charge on any atom is -0.465 e. The van der Waals surface area contributed by atoms with Gasteiger partial charge in [0, 0.05) is 6.04 Å². The molecule has 0 aliphatic heterocycles. The third-order valence-corrected chi connectivity index (χ3v) is 3.86. The number of hydrogen-bond acceptors (Lipinski definition) is 5. The van der Waals surface area contributed by atoms with Gasteiger partial charge in [0.2, 0.25) is 5.91 Å². The second kappa shape index (κ2) is 7.63. The van der Waals surface area contributed by atoms with E-state index < -0.39 is 6.04 Å². The van der Waals surface area contributed by atoms with Crippen LogP contribution in [0.4, 0.5) is 0 Å². The molecular formula is C12H22N2O3S. The molecule has 5 nitrogen and oxygen atoms in total. The van der Waals surface area contributed by atoms with E-state index in [4.69, 9.17) is 10.5 Å². The molecule has 0 aromatic rings. The minimum absolute atomic E-state index is 0.0761. The number of ether oxygens (including phenoxy) is 1. The van der Waals surface area contributed by atoms with Gasteiger partial charge in [-0.05, 0) is 38.9 Å². The van der Waals surface area contributed by atoms with E-state index in [0.29, 0.717) is 24.8 Å². The number of thioether (sulfide) groups is 1. The first-order valence-electron chi connectivity index (χ1n) is 6.38. The Morgan fingerprint density at radius 1 is 1.50 bits per heavy atom. The van der Waals surface area contributed by atoms with Crippen molar-refractivity contribution in [3.05, 3.63) is 0 Å². The van der Waals surface area contributed by atoms with Crippen LogP contribution in [0.2, 0.25) is 0 Å². The summed E-state index contributed by atoms with van der Waals surface area (Å²) >= 11 is 1.52. The average Bonchev–Trinajstić information content (AvgIpc) is 3.12. The molecule has 2 unspecified atom stereocenters. The van der Waals surface area contributed by atoms with Crippen molar-refractivity contribution in [1.29, 1.82) is 0 Å². The first kappa shape index (κ1) is 15.3. The number of hydrogen-bond donors (Lipinski definition) is 2. The minimum atomic E-state index is -0.587. The molecule has 1 aliphatic rings. The van der Waals surface area contributed by atoms with Crippen LogP contribution in [0.3, 0.4) is 0 Å². The number of nitrogens with one attached hydrogen (secondary N) is 1. The van der Waals surface area contributed by atoms with E-state index >= 15 is 0 Å². The highest BCUT2D eigenvalue weighted by atomic mass is 32.2. The SMILES string of the molecule is CCOC(=O)C(N)CCSC(C)C(=O)NC1CC1. The van der Waals surface area contributed by atoms with Gasteiger partial charge in [-0.25, -0.2) is 0 Å². The smallest absolute Gasteiger partial charge is 0.322 e. The van der Waals surface area contributed by atoms with Crippen LogP contribution in [0.5, 0.6) is 0 Å². The van der Waals surface area contributed by atoms with Crippen LogP contribution in [-0.4, -0.2) is 41.6 Å². The molecule has 104 valence electrons. The maximum atomic E-state index is 11.7. The fraction of sp³-hybridized carbons (Fsp3) is 0.833. The van der Waals surface area contributed by atoms with Gasteiger partial charge in [-0.3, -0.25) is 9.59 Å². The summed E-state index contributed by atoms with van der Waals surface area (Å²) < 4.78 is 4.82. The van der Waals surface area contributed by atoms with Crippen LogP contribution in [-0.2, 0) is 14.3 Å². The van der Waals surface area contributed by atoms with Gasteiger partial charge in [0.15, 0.2) is 0 Å². The van der Waals surface area contributed by atoms with E-state index in [0.717, 1.165) is 12.8 Å². The number of carbonyl (C=O) groups excluding carboxylic acids is 2. The molecule has 0 aromatic heterocycles. The Morgan fingerprint density at radius 2 is 2.17 bits per heavy atom. The average molecular weight is 274 g/mol. The van der Waals surface area contributed by atoms with Crippen molar-refractivity contribution in [3.8, 4) is 0 Å². The van der Waals surface area contributed by atoms with Crippen LogP contribution in [0.15, 0.2) is 0 Å². The lowest BCUT2D eigenvalue weighted by Gasteiger charge is -2.13. The second-order valence-corrected chi connectivity index (χ2v) is 5.89. The molecule has 0 aromatic carbocycles. The van der Waals surface area contributed by atoms with Crippen LogP contribution >= 0.6 is 11.8 Å². The summed E-state index contributed by atoms with van der Waals surface area (Å²) in [5, 5.41) is 2.85.